The molecule has 2 rings (SSSR count). The second kappa shape index (κ2) is 9.39. The van der Waals surface area contributed by atoms with Crippen LogP contribution in [0.4, 0.5) is 0 Å². The Morgan fingerprint density at radius 2 is 1.48 bits per heavy atom. The third-order valence-electron chi connectivity index (χ3n) is 4.10. The zero-order valence-electron chi connectivity index (χ0n) is 16.8. The first-order valence-corrected chi connectivity index (χ1v) is 9.94. The van der Waals surface area contributed by atoms with Gasteiger partial charge in [0.2, 0.25) is 15.8 Å². The molecule has 0 spiro atoms. The van der Waals surface area contributed by atoms with Crippen LogP contribution in [0.1, 0.15) is 22.8 Å². The van der Waals surface area contributed by atoms with Crippen molar-refractivity contribution in [3.05, 3.63) is 47.5 Å². The van der Waals surface area contributed by atoms with Crippen molar-refractivity contribution in [2.45, 2.75) is 11.8 Å². The van der Waals surface area contributed by atoms with Gasteiger partial charge in [-0.25, -0.2) is 18.6 Å². The van der Waals surface area contributed by atoms with Crippen LogP contribution in [-0.2, 0) is 10.0 Å². The highest BCUT2D eigenvalue weighted by Crippen LogP contribution is 2.38. The maximum absolute atomic E-state index is 12.5. The Balaban J connectivity index is 2.22. The molecule has 0 aliphatic carbocycles. The Morgan fingerprint density at radius 3 is 1.93 bits per heavy atom. The van der Waals surface area contributed by atoms with Crippen LogP contribution in [0.25, 0.3) is 0 Å². The number of hydrazone groups is 1. The van der Waals surface area contributed by atoms with Gasteiger partial charge in [-0.05, 0) is 43.8 Å². The summed E-state index contributed by atoms with van der Waals surface area (Å²) in [7, 11) is 2.22. The van der Waals surface area contributed by atoms with Gasteiger partial charge in [-0.15, -0.1) is 0 Å². The summed E-state index contributed by atoms with van der Waals surface area (Å²) < 4.78 is 41.5. The Kier molecular flexibility index (Phi) is 7.18. The van der Waals surface area contributed by atoms with Gasteiger partial charge in [0.1, 0.15) is 0 Å². The number of hydrogen-bond acceptors (Lipinski definition) is 7. The topological polar surface area (TPSA) is 115 Å². The molecular weight excluding hydrogens is 398 g/mol. The van der Waals surface area contributed by atoms with Crippen LogP contribution in [0.3, 0.4) is 0 Å². The number of nitrogens with one attached hydrogen (secondary N) is 2. The number of sulfonamides is 1. The predicted octanol–water partition coefficient (Wildman–Crippen LogP) is 1.77. The maximum atomic E-state index is 12.5. The summed E-state index contributed by atoms with van der Waals surface area (Å²) >= 11 is 0. The summed E-state index contributed by atoms with van der Waals surface area (Å²) in [6, 6.07) is 9.16. The number of ether oxygens (including phenoxy) is 3. The number of amides is 1. The molecule has 0 atom stereocenters. The molecule has 0 heterocycles. The van der Waals surface area contributed by atoms with Gasteiger partial charge in [0.15, 0.2) is 11.5 Å². The van der Waals surface area contributed by atoms with Crippen molar-refractivity contribution in [3.8, 4) is 17.2 Å². The third-order valence-corrected chi connectivity index (χ3v) is 5.53. The van der Waals surface area contributed by atoms with Crippen LogP contribution in [-0.4, -0.2) is 48.4 Å². The smallest absolute Gasteiger partial charge is 0.271 e. The van der Waals surface area contributed by atoms with Gasteiger partial charge in [-0.3, -0.25) is 4.79 Å². The van der Waals surface area contributed by atoms with Crippen molar-refractivity contribution >= 4 is 21.6 Å². The van der Waals surface area contributed by atoms with E-state index < -0.39 is 15.9 Å². The molecular formula is C19H23N3O6S. The van der Waals surface area contributed by atoms with Gasteiger partial charge in [0, 0.05) is 5.56 Å². The average molecular weight is 421 g/mol. The first-order chi connectivity index (χ1) is 13.8. The molecule has 0 saturated heterocycles. The minimum Gasteiger partial charge on any atom is -0.493 e. The van der Waals surface area contributed by atoms with E-state index in [0.717, 1.165) is 0 Å². The standard InChI is InChI=1S/C19H23N3O6S/c1-12(13-6-8-15(9-7-13)29(24,25)20-2)21-22-19(23)14-10-16(26-3)18(28-5)17(11-14)27-4/h6-11,20H,1-5H3,(H,22,23)/b21-12-. The van der Waals surface area contributed by atoms with E-state index in [2.05, 4.69) is 15.2 Å². The monoisotopic (exact) mass is 421 g/mol. The van der Waals surface area contributed by atoms with E-state index in [9.17, 15) is 13.2 Å². The van der Waals surface area contributed by atoms with Crippen molar-refractivity contribution in [1.82, 2.24) is 10.1 Å². The highest BCUT2D eigenvalue weighted by molar-refractivity contribution is 7.89. The van der Waals surface area contributed by atoms with E-state index in [4.69, 9.17) is 14.2 Å². The van der Waals surface area contributed by atoms with Crippen molar-refractivity contribution in [3.63, 3.8) is 0 Å². The number of carbonyl (C=O) groups excluding carboxylic acids is 1. The zero-order valence-corrected chi connectivity index (χ0v) is 17.6. The molecule has 1 amide bonds. The molecule has 2 N–H and O–H groups in total. The van der Waals surface area contributed by atoms with E-state index in [1.54, 1.807) is 19.1 Å². The lowest BCUT2D eigenvalue weighted by molar-refractivity contribution is 0.0954. The van der Waals surface area contributed by atoms with Crippen LogP contribution >= 0.6 is 0 Å². The summed E-state index contributed by atoms with van der Waals surface area (Å²) in [6.07, 6.45) is 0. The second-order valence-corrected chi connectivity index (χ2v) is 7.67. The summed E-state index contributed by atoms with van der Waals surface area (Å²) in [4.78, 5) is 12.6. The van der Waals surface area contributed by atoms with Crippen LogP contribution in [0.15, 0.2) is 46.4 Å². The maximum Gasteiger partial charge on any atom is 0.271 e. The number of hydrogen-bond donors (Lipinski definition) is 2. The van der Waals surface area contributed by atoms with Crippen molar-refractivity contribution in [1.29, 1.82) is 0 Å². The van der Waals surface area contributed by atoms with E-state index >= 15 is 0 Å². The molecule has 10 heteroatoms. The van der Waals surface area contributed by atoms with Gasteiger partial charge >= 0.3 is 0 Å². The SMILES string of the molecule is CNS(=O)(=O)c1ccc(/C(C)=N\NC(=O)c2cc(OC)c(OC)c(OC)c2)cc1. The van der Waals surface area contributed by atoms with E-state index in [0.29, 0.717) is 28.5 Å². The van der Waals surface area contributed by atoms with E-state index in [-0.39, 0.29) is 10.5 Å². The number of nitrogens with zero attached hydrogens (tertiary/aromatic N) is 1. The summed E-state index contributed by atoms with van der Waals surface area (Å²) in [5, 5.41) is 4.08. The van der Waals surface area contributed by atoms with Gasteiger partial charge in [-0.2, -0.15) is 5.10 Å². The van der Waals surface area contributed by atoms with Crippen molar-refractivity contribution in [2.24, 2.45) is 5.10 Å². The van der Waals surface area contributed by atoms with E-state index in [1.807, 2.05) is 0 Å². The Bertz CT molecular complexity index is 992. The third kappa shape index (κ3) is 5.04. The van der Waals surface area contributed by atoms with Gasteiger partial charge in [-0.1, -0.05) is 12.1 Å². The predicted molar refractivity (Wildman–Crippen MR) is 108 cm³/mol. The summed E-state index contributed by atoms with van der Waals surface area (Å²) in [6.45, 7) is 1.69. The van der Waals surface area contributed by atoms with Crippen LogP contribution in [0.2, 0.25) is 0 Å². The molecule has 0 unspecified atom stereocenters. The molecule has 2 aromatic rings. The normalized spacial score (nSPS) is 11.7. The molecule has 29 heavy (non-hydrogen) atoms. The molecule has 0 aliphatic heterocycles. The summed E-state index contributed by atoms with van der Waals surface area (Å²) in [5.74, 6) is 0.596. The highest BCUT2D eigenvalue weighted by Gasteiger charge is 2.17. The largest absolute Gasteiger partial charge is 0.493 e. The molecule has 0 fully saturated rings. The first kappa shape index (κ1) is 22.2. The molecule has 156 valence electrons. The fraction of sp³-hybridized carbons (Fsp3) is 0.263. The lowest BCUT2D eigenvalue weighted by Gasteiger charge is -2.13. The number of rotatable bonds is 8. The number of benzene rings is 2. The van der Waals surface area contributed by atoms with Crippen LogP contribution in [0, 0.1) is 0 Å². The molecule has 0 saturated carbocycles. The highest BCUT2D eigenvalue weighted by atomic mass is 32.2. The molecule has 9 nitrogen and oxygen atoms in total. The Labute approximate surface area is 169 Å². The van der Waals surface area contributed by atoms with Gasteiger partial charge in [0.25, 0.3) is 5.91 Å². The van der Waals surface area contributed by atoms with Crippen molar-refractivity contribution < 1.29 is 27.4 Å². The van der Waals surface area contributed by atoms with Gasteiger partial charge in [0.05, 0.1) is 31.9 Å². The quantitative estimate of drug-likeness (QED) is 0.496. The van der Waals surface area contributed by atoms with Gasteiger partial charge < -0.3 is 14.2 Å². The van der Waals surface area contributed by atoms with Crippen LogP contribution in [0.5, 0.6) is 17.2 Å². The lowest BCUT2D eigenvalue weighted by atomic mass is 10.1. The average Bonchev–Trinajstić information content (AvgIpc) is 2.75. The molecule has 0 radical (unpaired) electrons. The molecule has 2 aromatic carbocycles. The summed E-state index contributed by atoms with van der Waals surface area (Å²) in [5.41, 5.74) is 3.89. The second-order valence-electron chi connectivity index (χ2n) is 5.78. The fourth-order valence-electron chi connectivity index (χ4n) is 2.47. The zero-order chi connectivity index (χ0) is 21.6. The minimum atomic E-state index is -3.52. The van der Waals surface area contributed by atoms with Crippen LogP contribution < -0.4 is 24.4 Å². The molecule has 0 aliphatic rings. The number of methoxy groups -OCH3 is 3. The fourth-order valence-corrected chi connectivity index (χ4v) is 3.20. The Morgan fingerprint density at radius 1 is 0.931 bits per heavy atom. The van der Waals surface area contributed by atoms with Crippen molar-refractivity contribution in [2.75, 3.05) is 28.4 Å². The minimum absolute atomic E-state index is 0.137. The van der Waals surface area contributed by atoms with E-state index in [1.165, 1.54) is 52.6 Å². The molecule has 0 bridgehead atoms. The first-order valence-electron chi connectivity index (χ1n) is 8.46. The number of carbonyl (C=O) groups is 1. The Hall–Kier alpha value is -3.11. The molecule has 0 aromatic heterocycles. The lowest BCUT2D eigenvalue weighted by Crippen LogP contribution is -2.20.